The molecule has 0 unspecified atom stereocenters. The standard InChI is InChI=1S/C22H28N2O2S/c25-27(26)16-15-24(14-11-19-7-3-1-4-8-19)21-12-13-23(18-22(21)27)17-20-9-5-2-6-10-20/h1-10,21-22H,11-18H2/t21-,22+/m0/s1. The molecule has 0 aromatic heterocycles. The van der Waals surface area contributed by atoms with E-state index in [-0.39, 0.29) is 11.3 Å². The fraction of sp³-hybridized carbons (Fsp3) is 0.455. The SMILES string of the molecule is O=S1(=O)CCN(CCc2ccccc2)[C@H]2CCN(Cc3ccccc3)C[C@H]21. The largest absolute Gasteiger partial charge is 0.298 e. The molecule has 27 heavy (non-hydrogen) atoms. The zero-order valence-electron chi connectivity index (χ0n) is 15.7. The van der Waals surface area contributed by atoms with Crippen molar-refractivity contribution in [1.82, 2.24) is 9.80 Å². The zero-order valence-corrected chi connectivity index (χ0v) is 16.5. The van der Waals surface area contributed by atoms with Gasteiger partial charge in [-0.2, -0.15) is 0 Å². The molecule has 0 amide bonds. The van der Waals surface area contributed by atoms with E-state index in [4.69, 9.17) is 0 Å². The van der Waals surface area contributed by atoms with Crippen LogP contribution in [-0.2, 0) is 22.8 Å². The Balaban J connectivity index is 1.42. The Kier molecular flexibility index (Phi) is 5.62. The van der Waals surface area contributed by atoms with Gasteiger partial charge in [0.25, 0.3) is 0 Å². The van der Waals surface area contributed by atoms with Crippen LogP contribution in [0.25, 0.3) is 0 Å². The lowest BCUT2D eigenvalue weighted by atomic mass is 10.0. The predicted octanol–water partition coefficient (Wildman–Crippen LogP) is 2.60. The van der Waals surface area contributed by atoms with Gasteiger partial charge in [0.05, 0.1) is 11.0 Å². The fourth-order valence-corrected chi connectivity index (χ4v) is 6.50. The lowest BCUT2D eigenvalue weighted by Gasteiger charge is -2.46. The van der Waals surface area contributed by atoms with Crippen molar-refractivity contribution in [2.75, 3.05) is 31.9 Å². The number of rotatable bonds is 5. The summed E-state index contributed by atoms with van der Waals surface area (Å²) in [6.07, 6.45) is 1.92. The number of hydrogen-bond acceptors (Lipinski definition) is 4. The van der Waals surface area contributed by atoms with Crippen molar-refractivity contribution in [1.29, 1.82) is 0 Å². The number of likely N-dealkylation sites (tertiary alicyclic amines) is 1. The van der Waals surface area contributed by atoms with Gasteiger partial charge in [-0.3, -0.25) is 9.80 Å². The van der Waals surface area contributed by atoms with E-state index in [0.29, 0.717) is 18.8 Å². The Hall–Kier alpha value is -1.69. The highest BCUT2D eigenvalue weighted by Gasteiger charge is 2.44. The van der Waals surface area contributed by atoms with E-state index in [1.54, 1.807) is 0 Å². The summed E-state index contributed by atoms with van der Waals surface area (Å²) in [5, 5.41) is -0.250. The van der Waals surface area contributed by atoms with Crippen LogP contribution in [0.5, 0.6) is 0 Å². The minimum absolute atomic E-state index is 0.166. The summed E-state index contributed by atoms with van der Waals surface area (Å²) in [5.74, 6) is 0.294. The maximum absolute atomic E-state index is 12.8. The third kappa shape index (κ3) is 4.42. The summed E-state index contributed by atoms with van der Waals surface area (Å²) >= 11 is 0. The molecule has 2 aromatic carbocycles. The van der Waals surface area contributed by atoms with Crippen molar-refractivity contribution >= 4 is 9.84 Å². The lowest BCUT2D eigenvalue weighted by molar-refractivity contribution is 0.105. The topological polar surface area (TPSA) is 40.6 Å². The van der Waals surface area contributed by atoms with Gasteiger partial charge in [-0.25, -0.2) is 8.42 Å². The molecule has 2 aliphatic heterocycles. The highest BCUT2D eigenvalue weighted by Crippen LogP contribution is 2.28. The van der Waals surface area contributed by atoms with Crippen LogP contribution in [0.1, 0.15) is 17.5 Å². The second kappa shape index (κ2) is 8.13. The first-order chi connectivity index (χ1) is 13.1. The average molecular weight is 385 g/mol. The molecular weight excluding hydrogens is 356 g/mol. The van der Waals surface area contributed by atoms with Crippen molar-refractivity contribution in [3.8, 4) is 0 Å². The molecule has 5 heteroatoms. The molecule has 0 N–H and O–H groups in total. The molecule has 2 saturated heterocycles. The highest BCUT2D eigenvalue weighted by atomic mass is 32.2. The smallest absolute Gasteiger partial charge is 0.157 e. The molecule has 2 atom stereocenters. The molecule has 0 bridgehead atoms. The minimum Gasteiger partial charge on any atom is -0.298 e. The van der Waals surface area contributed by atoms with Crippen molar-refractivity contribution in [3.05, 3.63) is 71.8 Å². The molecule has 2 aromatic rings. The van der Waals surface area contributed by atoms with Gasteiger partial charge in [0.15, 0.2) is 9.84 Å². The Morgan fingerprint density at radius 1 is 0.889 bits per heavy atom. The molecule has 2 aliphatic rings. The summed E-state index contributed by atoms with van der Waals surface area (Å²) in [5.41, 5.74) is 2.58. The molecule has 4 nitrogen and oxygen atoms in total. The van der Waals surface area contributed by atoms with Crippen molar-refractivity contribution in [2.24, 2.45) is 0 Å². The average Bonchev–Trinajstić information content (AvgIpc) is 2.69. The van der Waals surface area contributed by atoms with Gasteiger partial charge < -0.3 is 0 Å². The van der Waals surface area contributed by atoms with Gasteiger partial charge in [-0.1, -0.05) is 60.7 Å². The third-order valence-electron chi connectivity index (χ3n) is 5.98. The maximum Gasteiger partial charge on any atom is 0.157 e. The van der Waals surface area contributed by atoms with Gasteiger partial charge in [0.1, 0.15) is 0 Å². The van der Waals surface area contributed by atoms with Crippen LogP contribution in [0.15, 0.2) is 60.7 Å². The molecule has 144 valence electrons. The van der Waals surface area contributed by atoms with E-state index in [2.05, 4.69) is 46.2 Å². The minimum atomic E-state index is -3.01. The number of nitrogens with zero attached hydrogens (tertiary/aromatic N) is 2. The second-order valence-electron chi connectivity index (χ2n) is 7.75. The Labute approximate surface area is 162 Å². The monoisotopic (exact) mass is 384 g/mol. The van der Waals surface area contributed by atoms with Crippen LogP contribution < -0.4 is 0 Å². The van der Waals surface area contributed by atoms with Crippen LogP contribution >= 0.6 is 0 Å². The molecule has 0 aliphatic carbocycles. The first-order valence-electron chi connectivity index (χ1n) is 9.88. The van der Waals surface area contributed by atoms with Gasteiger partial charge in [0.2, 0.25) is 0 Å². The highest BCUT2D eigenvalue weighted by molar-refractivity contribution is 7.92. The molecular formula is C22H28N2O2S. The first kappa shape index (κ1) is 18.7. The quantitative estimate of drug-likeness (QED) is 0.795. The van der Waals surface area contributed by atoms with Crippen LogP contribution in [0.4, 0.5) is 0 Å². The van der Waals surface area contributed by atoms with E-state index in [9.17, 15) is 8.42 Å². The lowest BCUT2D eigenvalue weighted by Crippen LogP contribution is -2.61. The summed E-state index contributed by atoms with van der Waals surface area (Å²) in [6.45, 7) is 4.08. The fourth-order valence-electron chi connectivity index (χ4n) is 4.48. The van der Waals surface area contributed by atoms with E-state index in [1.165, 1.54) is 11.1 Å². The van der Waals surface area contributed by atoms with E-state index >= 15 is 0 Å². The molecule has 0 spiro atoms. The van der Waals surface area contributed by atoms with Gasteiger partial charge in [0, 0.05) is 38.8 Å². The Morgan fingerprint density at radius 3 is 2.26 bits per heavy atom. The van der Waals surface area contributed by atoms with E-state index < -0.39 is 9.84 Å². The van der Waals surface area contributed by atoms with E-state index in [1.807, 2.05) is 24.3 Å². The normalized spacial score (nSPS) is 25.8. The van der Waals surface area contributed by atoms with Crippen molar-refractivity contribution < 1.29 is 8.42 Å². The van der Waals surface area contributed by atoms with Crippen LogP contribution in [-0.4, -0.2) is 61.4 Å². The van der Waals surface area contributed by atoms with Crippen molar-refractivity contribution in [3.63, 3.8) is 0 Å². The van der Waals surface area contributed by atoms with Crippen molar-refractivity contribution in [2.45, 2.75) is 30.7 Å². The summed E-state index contributed by atoms with van der Waals surface area (Å²) in [7, 11) is -3.01. The second-order valence-corrected chi connectivity index (χ2v) is 10.1. The molecule has 0 saturated carbocycles. The summed E-state index contributed by atoms with van der Waals surface area (Å²) in [4.78, 5) is 4.74. The van der Waals surface area contributed by atoms with Crippen LogP contribution in [0.3, 0.4) is 0 Å². The zero-order chi connectivity index (χ0) is 18.7. The third-order valence-corrected chi connectivity index (χ3v) is 8.12. The molecule has 2 fully saturated rings. The molecule has 0 radical (unpaired) electrons. The number of fused-ring (bicyclic) bond motifs is 1. The predicted molar refractivity (Wildman–Crippen MR) is 109 cm³/mol. The number of piperidine rings is 1. The van der Waals surface area contributed by atoms with Gasteiger partial charge in [-0.05, 0) is 24.0 Å². The Bertz CT molecular complexity index is 839. The van der Waals surface area contributed by atoms with Gasteiger partial charge >= 0.3 is 0 Å². The first-order valence-corrected chi connectivity index (χ1v) is 11.6. The molecule has 4 rings (SSSR count). The number of benzene rings is 2. The summed E-state index contributed by atoms with van der Waals surface area (Å²) < 4.78 is 25.6. The number of hydrogen-bond donors (Lipinski definition) is 0. The summed E-state index contributed by atoms with van der Waals surface area (Å²) in [6, 6.07) is 21.0. The Morgan fingerprint density at radius 2 is 1.56 bits per heavy atom. The van der Waals surface area contributed by atoms with E-state index in [0.717, 1.165) is 32.5 Å². The van der Waals surface area contributed by atoms with Crippen LogP contribution in [0.2, 0.25) is 0 Å². The molecule has 2 heterocycles. The number of sulfone groups is 1. The van der Waals surface area contributed by atoms with Crippen LogP contribution in [0, 0.1) is 0 Å². The maximum atomic E-state index is 12.8. The van der Waals surface area contributed by atoms with Gasteiger partial charge in [-0.15, -0.1) is 0 Å².